The highest BCUT2D eigenvalue weighted by atomic mass is 16.5. The second-order valence-corrected chi connectivity index (χ2v) is 5.04. The van der Waals surface area contributed by atoms with E-state index in [9.17, 15) is 4.79 Å². The number of nitrogens with one attached hydrogen (secondary N) is 1. The van der Waals surface area contributed by atoms with Gasteiger partial charge in [0.05, 0.1) is 0 Å². The summed E-state index contributed by atoms with van der Waals surface area (Å²) < 4.78 is 5.49. The van der Waals surface area contributed by atoms with Crippen LogP contribution in [0.25, 0.3) is 0 Å². The highest BCUT2D eigenvalue weighted by Gasteiger charge is 2.20. The van der Waals surface area contributed by atoms with Crippen molar-refractivity contribution in [2.24, 2.45) is 11.7 Å². The monoisotopic (exact) mass is 262 g/mol. The molecule has 0 aliphatic heterocycles. The maximum Gasteiger partial charge on any atom is 0.257 e. The topological polar surface area (TPSA) is 64.3 Å². The summed E-state index contributed by atoms with van der Waals surface area (Å²) in [4.78, 5) is 11.6. The number of para-hydroxylation sites is 1. The van der Waals surface area contributed by atoms with Crippen LogP contribution in [0, 0.1) is 5.92 Å². The van der Waals surface area contributed by atoms with Crippen LogP contribution in [0.3, 0.4) is 0 Å². The third-order valence-electron chi connectivity index (χ3n) is 3.36. The van der Waals surface area contributed by atoms with Crippen molar-refractivity contribution in [1.82, 2.24) is 5.32 Å². The normalized spacial score (nSPS) is 14.2. The second kappa shape index (κ2) is 7.14. The van der Waals surface area contributed by atoms with Crippen molar-refractivity contribution in [3.8, 4) is 5.75 Å². The van der Waals surface area contributed by atoms with Crippen LogP contribution in [0.5, 0.6) is 5.75 Å². The van der Waals surface area contributed by atoms with Crippen molar-refractivity contribution in [3.05, 3.63) is 29.8 Å². The molecule has 0 aromatic heterocycles. The van der Waals surface area contributed by atoms with Crippen LogP contribution in [0.15, 0.2) is 24.3 Å². The zero-order valence-corrected chi connectivity index (χ0v) is 11.2. The number of ether oxygens (including phenoxy) is 1. The molecule has 0 spiro atoms. The number of carbonyl (C=O) groups is 1. The standard InChI is InChI=1S/C15H22N2O2/c16-10-13-5-1-2-6-14(13)19-11-15(18)17-9-3-4-12-7-8-12/h1-2,5-6,12H,3-4,7-11,16H2,(H,17,18). The predicted molar refractivity (Wildman–Crippen MR) is 74.8 cm³/mol. The van der Waals surface area contributed by atoms with E-state index in [4.69, 9.17) is 10.5 Å². The van der Waals surface area contributed by atoms with E-state index >= 15 is 0 Å². The van der Waals surface area contributed by atoms with Crippen molar-refractivity contribution in [2.45, 2.75) is 32.2 Å². The number of benzene rings is 1. The van der Waals surface area contributed by atoms with Crippen LogP contribution in [-0.2, 0) is 11.3 Å². The predicted octanol–water partition coefficient (Wildman–Crippen LogP) is 1.83. The van der Waals surface area contributed by atoms with Gasteiger partial charge in [-0.15, -0.1) is 0 Å². The molecule has 0 radical (unpaired) electrons. The van der Waals surface area contributed by atoms with Gasteiger partial charge >= 0.3 is 0 Å². The van der Waals surface area contributed by atoms with E-state index in [1.807, 2.05) is 24.3 Å². The van der Waals surface area contributed by atoms with Crippen molar-refractivity contribution in [2.75, 3.05) is 13.2 Å². The minimum Gasteiger partial charge on any atom is -0.483 e. The van der Waals surface area contributed by atoms with E-state index in [0.29, 0.717) is 12.3 Å². The Morgan fingerprint density at radius 3 is 2.89 bits per heavy atom. The smallest absolute Gasteiger partial charge is 0.257 e. The average molecular weight is 262 g/mol. The molecule has 1 amide bonds. The largest absolute Gasteiger partial charge is 0.483 e. The van der Waals surface area contributed by atoms with Gasteiger partial charge in [0.25, 0.3) is 5.91 Å². The summed E-state index contributed by atoms with van der Waals surface area (Å²) in [7, 11) is 0. The minimum atomic E-state index is -0.0670. The Balaban J connectivity index is 1.64. The molecule has 1 fully saturated rings. The third kappa shape index (κ3) is 4.91. The van der Waals surface area contributed by atoms with Gasteiger partial charge in [-0.3, -0.25) is 4.79 Å². The summed E-state index contributed by atoms with van der Waals surface area (Å²) in [6.07, 6.45) is 5.03. The van der Waals surface area contributed by atoms with Crippen molar-refractivity contribution >= 4 is 5.91 Å². The molecule has 2 rings (SSSR count). The molecule has 1 aliphatic carbocycles. The van der Waals surface area contributed by atoms with Crippen LogP contribution in [0.2, 0.25) is 0 Å². The molecule has 104 valence electrons. The van der Waals surface area contributed by atoms with Crippen LogP contribution in [0.1, 0.15) is 31.2 Å². The Labute approximate surface area is 114 Å². The molecule has 0 unspecified atom stereocenters. The molecule has 4 nitrogen and oxygen atoms in total. The van der Waals surface area contributed by atoms with Crippen LogP contribution < -0.4 is 15.8 Å². The van der Waals surface area contributed by atoms with Gasteiger partial charge in [0.15, 0.2) is 6.61 Å². The molecule has 0 saturated heterocycles. The first-order valence-corrected chi connectivity index (χ1v) is 6.97. The van der Waals surface area contributed by atoms with E-state index in [0.717, 1.165) is 24.4 Å². The Morgan fingerprint density at radius 2 is 2.16 bits per heavy atom. The van der Waals surface area contributed by atoms with Crippen LogP contribution >= 0.6 is 0 Å². The molecular weight excluding hydrogens is 240 g/mol. The zero-order chi connectivity index (χ0) is 13.5. The fourth-order valence-corrected chi connectivity index (χ4v) is 2.03. The zero-order valence-electron chi connectivity index (χ0n) is 11.2. The van der Waals surface area contributed by atoms with Gasteiger partial charge in [-0.2, -0.15) is 0 Å². The maximum atomic E-state index is 11.6. The molecule has 3 N–H and O–H groups in total. The molecule has 19 heavy (non-hydrogen) atoms. The maximum absolute atomic E-state index is 11.6. The van der Waals surface area contributed by atoms with Gasteiger partial charge in [0.1, 0.15) is 5.75 Å². The Kier molecular flexibility index (Phi) is 5.21. The third-order valence-corrected chi connectivity index (χ3v) is 3.36. The molecule has 1 aliphatic rings. The van der Waals surface area contributed by atoms with Gasteiger partial charge in [0, 0.05) is 18.7 Å². The summed E-state index contributed by atoms with van der Waals surface area (Å²) in [6, 6.07) is 7.53. The second-order valence-electron chi connectivity index (χ2n) is 5.04. The number of carbonyl (C=O) groups excluding carboxylic acids is 1. The molecule has 1 aromatic carbocycles. The fraction of sp³-hybridized carbons (Fsp3) is 0.533. The van der Waals surface area contributed by atoms with E-state index in [-0.39, 0.29) is 12.5 Å². The number of nitrogens with two attached hydrogens (primary N) is 1. The Bertz CT molecular complexity index is 416. The lowest BCUT2D eigenvalue weighted by atomic mass is 10.2. The Morgan fingerprint density at radius 1 is 1.37 bits per heavy atom. The lowest BCUT2D eigenvalue weighted by molar-refractivity contribution is -0.123. The lowest BCUT2D eigenvalue weighted by Gasteiger charge is -2.10. The van der Waals surface area contributed by atoms with Crippen LogP contribution in [0.4, 0.5) is 0 Å². The highest BCUT2D eigenvalue weighted by molar-refractivity contribution is 5.77. The van der Waals surface area contributed by atoms with Crippen molar-refractivity contribution in [1.29, 1.82) is 0 Å². The molecule has 0 atom stereocenters. The SMILES string of the molecule is NCc1ccccc1OCC(=O)NCCCC1CC1. The lowest BCUT2D eigenvalue weighted by Crippen LogP contribution is -2.29. The summed E-state index contributed by atoms with van der Waals surface area (Å²) in [5, 5.41) is 2.88. The summed E-state index contributed by atoms with van der Waals surface area (Å²) in [5.74, 6) is 1.55. The highest BCUT2D eigenvalue weighted by Crippen LogP contribution is 2.33. The van der Waals surface area contributed by atoms with E-state index in [1.54, 1.807) is 0 Å². The van der Waals surface area contributed by atoms with E-state index < -0.39 is 0 Å². The van der Waals surface area contributed by atoms with Gasteiger partial charge in [-0.05, 0) is 24.8 Å². The Hall–Kier alpha value is -1.55. The van der Waals surface area contributed by atoms with Gasteiger partial charge in [0.2, 0.25) is 0 Å². The summed E-state index contributed by atoms with van der Waals surface area (Å²) in [6.45, 7) is 1.22. The number of hydrogen-bond acceptors (Lipinski definition) is 3. The first kappa shape index (κ1) is 13.9. The summed E-state index contributed by atoms with van der Waals surface area (Å²) >= 11 is 0. The van der Waals surface area contributed by atoms with E-state index in [1.165, 1.54) is 19.3 Å². The summed E-state index contributed by atoms with van der Waals surface area (Å²) in [5.41, 5.74) is 6.53. The molecular formula is C15H22N2O2. The molecule has 0 heterocycles. The van der Waals surface area contributed by atoms with Crippen molar-refractivity contribution in [3.63, 3.8) is 0 Å². The molecule has 0 bridgehead atoms. The van der Waals surface area contributed by atoms with Gasteiger partial charge < -0.3 is 15.8 Å². The molecule has 1 aromatic rings. The number of amides is 1. The first-order valence-electron chi connectivity index (χ1n) is 6.97. The van der Waals surface area contributed by atoms with Gasteiger partial charge in [-0.25, -0.2) is 0 Å². The average Bonchev–Trinajstić information content (AvgIpc) is 3.26. The molecule has 1 saturated carbocycles. The van der Waals surface area contributed by atoms with Crippen molar-refractivity contribution < 1.29 is 9.53 Å². The van der Waals surface area contributed by atoms with E-state index in [2.05, 4.69) is 5.32 Å². The molecule has 4 heteroatoms. The number of hydrogen-bond donors (Lipinski definition) is 2. The first-order chi connectivity index (χ1) is 9.29. The van der Waals surface area contributed by atoms with Crippen LogP contribution in [-0.4, -0.2) is 19.1 Å². The minimum absolute atomic E-state index is 0.0560. The quantitative estimate of drug-likeness (QED) is 0.702. The van der Waals surface area contributed by atoms with Gasteiger partial charge in [-0.1, -0.05) is 31.0 Å². The fourth-order valence-electron chi connectivity index (χ4n) is 2.03. The number of rotatable bonds is 8.